The van der Waals surface area contributed by atoms with Crippen LogP contribution in [0.1, 0.15) is 32.3 Å². The monoisotopic (exact) mass is 375 g/mol. The van der Waals surface area contributed by atoms with Crippen LogP contribution in [0.5, 0.6) is 5.75 Å². The van der Waals surface area contributed by atoms with Crippen LogP contribution in [0.15, 0.2) is 54.9 Å². The molecule has 4 nitrogen and oxygen atoms in total. The minimum atomic E-state index is -4.71. The summed E-state index contributed by atoms with van der Waals surface area (Å²) in [5.41, 5.74) is 2.73. The fourth-order valence-corrected chi connectivity index (χ4v) is 2.64. The van der Waals surface area contributed by atoms with Crippen molar-refractivity contribution in [3.63, 3.8) is 0 Å². The summed E-state index contributed by atoms with van der Waals surface area (Å²) in [6, 6.07) is 13.6. The molecule has 0 radical (unpaired) electrons. The van der Waals surface area contributed by atoms with E-state index in [0.29, 0.717) is 23.3 Å². The van der Waals surface area contributed by atoms with Crippen molar-refractivity contribution in [1.29, 1.82) is 0 Å². The van der Waals surface area contributed by atoms with Crippen molar-refractivity contribution in [1.82, 2.24) is 14.8 Å². The van der Waals surface area contributed by atoms with Gasteiger partial charge in [-0.15, -0.1) is 18.3 Å². The van der Waals surface area contributed by atoms with Crippen molar-refractivity contribution in [3.8, 4) is 22.8 Å². The van der Waals surface area contributed by atoms with Crippen LogP contribution in [-0.4, -0.2) is 21.1 Å². The molecule has 0 N–H and O–H groups in total. The number of hydrogen-bond acceptors (Lipinski definition) is 3. The quantitative estimate of drug-likeness (QED) is 0.583. The maximum absolute atomic E-state index is 12.2. The molecule has 0 saturated heterocycles. The average Bonchev–Trinajstić information content (AvgIpc) is 3.10. The molecule has 0 aliphatic carbocycles. The van der Waals surface area contributed by atoms with Crippen molar-refractivity contribution in [3.05, 3.63) is 60.4 Å². The summed E-state index contributed by atoms with van der Waals surface area (Å²) in [7, 11) is 0. The largest absolute Gasteiger partial charge is 0.573 e. The van der Waals surface area contributed by atoms with Gasteiger partial charge in [0.15, 0.2) is 5.82 Å². The molecular weight excluding hydrogens is 355 g/mol. The van der Waals surface area contributed by atoms with Crippen LogP contribution in [0, 0.1) is 5.92 Å². The second-order valence-corrected chi connectivity index (χ2v) is 6.71. The topological polar surface area (TPSA) is 39.9 Å². The lowest BCUT2D eigenvalue weighted by molar-refractivity contribution is -0.274. The van der Waals surface area contributed by atoms with Gasteiger partial charge in [-0.25, -0.2) is 9.67 Å². The first-order valence-electron chi connectivity index (χ1n) is 8.61. The van der Waals surface area contributed by atoms with Gasteiger partial charge in [0.1, 0.15) is 12.1 Å². The van der Waals surface area contributed by atoms with Gasteiger partial charge in [0, 0.05) is 5.56 Å². The minimum absolute atomic E-state index is 0.276. The Kier molecular flexibility index (Phi) is 5.21. The van der Waals surface area contributed by atoms with Crippen LogP contribution in [0.2, 0.25) is 0 Å². The van der Waals surface area contributed by atoms with Crippen LogP contribution in [0.25, 0.3) is 17.1 Å². The molecule has 7 heteroatoms. The van der Waals surface area contributed by atoms with Gasteiger partial charge in [-0.2, -0.15) is 0 Å². The summed E-state index contributed by atoms with van der Waals surface area (Å²) in [4.78, 5) is 4.29. The molecule has 0 saturated carbocycles. The number of benzene rings is 2. The van der Waals surface area contributed by atoms with Gasteiger partial charge in [0.25, 0.3) is 0 Å². The first-order valence-corrected chi connectivity index (χ1v) is 8.61. The Morgan fingerprint density at radius 3 is 2.11 bits per heavy atom. The third-order valence-electron chi connectivity index (χ3n) is 4.52. The first kappa shape index (κ1) is 18.9. The predicted molar refractivity (Wildman–Crippen MR) is 96.7 cm³/mol. The van der Waals surface area contributed by atoms with E-state index in [4.69, 9.17) is 0 Å². The number of aromatic nitrogens is 3. The molecule has 1 unspecified atom stereocenters. The summed E-state index contributed by atoms with van der Waals surface area (Å²) in [6.45, 7) is 6.57. The normalized spacial score (nSPS) is 13.0. The molecule has 1 aromatic heterocycles. The van der Waals surface area contributed by atoms with Crippen molar-refractivity contribution < 1.29 is 17.9 Å². The standard InChI is InChI=1S/C20H20F3N3O/c1-13(2)14(3)15-4-6-16(7-5-15)19-24-12-26(25-19)17-8-10-18(11-9-17)27-20(21,22)23/h4-14H,1-3H3. The Morgan fingerprint density at radius 1 is 0.926 bits per heavy atom. The first-order chi connectivity index (χ1) is 12.7. The van der Waals surface area contributed by atoms with Crippen LogP contribution in [-0.2, 0) is 0 Å². The Morgan fingerprint density at radius 2 is 1.56 bits per heavy atom. The molecular formula is C20H20F3N3O. The lowest BCUT2D eigenvalue weighted by atomic mass is 9.90. The molecule has 27 heavy (non-hydrogen) atoms. The highest BCUT2D eigenvalue weighted by molar-refractivity contribution is 5.55. The molecule has 142 valence electrons. The van der Waals surface area contributed by atoms with Gasteiger partial charge >= 0.3 is 6.36 Å². The molecule has 0 spiro atoms. The van der Waals surface area contributed by atoms with E-state index in [1.807, 2.05) is 12.1 Å². The second-order valence-electron chi connectivity index (χ2n) is 6.71. The third-order valence-corrected chi connectivity index (χ3v) is 4.52. The maximum atomic E-state index is 12.2. The van der Waals surface area contributed by atoms with Gasteiger partial charge in [0.05, 0.1) is 5.69 Å². The van der Waals surface area contributed by atoms with Crippen LogP contribution >= 0.6 is 0 Å². The predicted octanol–water partition coefficient (Wildman–Crippen LogP) is 5.59. The van der Waals surface area contributed by atoms with E-state index in [2.05, 4.69) is 47.7 Å². The third kappa shape index (κ3) is 4.67. The van der Waals surface area contributed by atoms with Gasteiger partial charge in [-0.3, -0.25) is 0 Å². The van der Waals surface area contributed by atoms with Gasteiger partial charge in [-0.1, -0.05) is 45.0 Å². The van der Waals surface area contributed by atoms with E-state index in [1.165, 1.54) is 40.8 Å². The fourth-order valence-electron chi connectivity index (χ4n) is 2.64. The van der Waals surface area contributed by atoms with E-state index in [0.717, 1.165) is 5.56 Å². The van der Waals surface area contributed by atoms with E-state index in [-0.39, 0.29) is 5.75 Å². The average molecular weight is 375 g/mol. The van der Waals surface area contributed by atoms with Crippen molar-refractivity contribution in [2.24, 2.45) is 5.92 Å². The van der Waals surface area contributed by atoms with E-state index >= 15 is 0 Å². The molecule has 0 fully saturated rings. The van der Waals surface area contributed by atoms with Gasteiger partial charge in [0.2, 0.25) is 0 Å². The van der Waals surface area contributed by atoms with Crippen molar-refractivity contribution in [2.75, 3.05) is 0 Å². The highest BCUT2D eigenvalue weighted by Gasteiger charge is 2.31. The van der Waals surface area contributed by atoms with Crippen molar-refractivity contribution in [2.45, 2.75) is 33.1 Å². The number of nitrogens with zero attached hydrogens (tertiary/aromatic N) is 3. The fraction of sp³-hybridized carbons (Fsp3) is 0.300. The Hall–Kier alpha value is -2.83. The van der Waals surface area contributed by atoms with Crippen LogP contribution in [0.3, 0.4) is 0 Å². The maximum Gasteiger partial charge on any atom is 0.573 e. The van der Waals surface area contributed by atoms with Crippen LogP contribution < -0.4 is 4.74 Å². The number of ether oxygens (including phenoxy) is 1. The highest BCUT2D eigenvalue weighted by atomic mass is 19.4. The summed E-state index contributed by atoms with van der Waals surface area (Å²) in [5.74, 6) is 1.29. The molecule has 1 atom stereocenters. The van der Waals surface area contributed by atoms with Gasteiger partial charge < -0.3 is 4.74 Å². The number of halogens is 3. The molecule has 3 aromatic rings. The Labute approximate surface area is 155 Å². The number of rotatable bonds is 5. The molecule has 1 heterocycles. The lowest BCUT2D eigenvalue weighted by Crippen LogP contribution is -2.17. The smallest absolute Gasteiger partial charge is 0.406 e. The zero-order valence-electron chi connectivity index (χ0n) is 15.2. The molecule has 0 aliphatic rings. The van der Waals surface area contributed by atoms with Crippen LogP contribution in [0.4, 0.5) is 13.2 Å². The highest BCUT2D eigenvalue weighted by Crippen LogP contribution is 2.26. The molecule has 2 aromatic carbocycles. The van der Waals surface area contributed by atoms with E-state index in [1.54, 1.807) is 0 Å². The summed E-state index contributed by atoms with van der Waals surface area (Å²) in [5, 5.41) is 4.41. The SMILES string of the molecule is CC(C)C(C)c1ccc(-c2ncn(-c3ccc(OC(F)(F)F)cc3)n2)cc1. The number of alkyl halides is 3. The zero-order chi connectivity index (χ0) is 19.6. The van der Waals surface area contributed by atoms with Gasteiger partial charge in [-0.05, 0) is 41.7 Å². The molecule has 0 aliphatic heterocycles. The zero-order valence-corrected chi connectivity index (χ0v) is 15.2. The Bertz CT molecular complexity index is 884. The molecule has 0 bridgehead atoms. The van der Waals surface area contributed by atoms with E-state index < -0.39 is 6.36 Å². The van der Waals surface area contributed by atoms with E-state index in [9.17, 15) is 13.2 Å². The summed E-state index contributed by atoms with van der Waals surface area (Å²) < 4.78 is 42.1. The summed E-state index contributed by atoms with van der Waals surface area (Å²) >= 11 is 0. The lowest BCUT2D eigenvalue weighted by Gasteiger charge is -2.15. The molecule has 0 amide bonds. The van der Waals surface area contributed by atoms with Crippen molar-refractivity contribution >= 4 is 0 Å². The summed E-state index contributed by atoms with van der Waals surface area (Å²) in [6.07, 6.45) is -3.18. The Balaban J connectivity index is 1.76. The minimum Gasteiger partial charge on any atom is -0.406 e. The number of hydrogen-bond donors (Lipinski definition) is 0. The second kappa shape index (κ2) is 7.42. The molecule has 3 rings (SSSR count).